The first-order valence-electron chi connectivity index (χ1n) is 15.8. The van der Waals surface area contributed by atoms with Gasteiger partial charge in [-0.1, -0.05) is 24.3 Å². The van der Waals surface area contributed by atoms with Crippen molar-refractivity contribution in [2.75, 3.05) is 50.6 Å². The van der Waals surface area contributed by atoms with Gasteiger partial charge >= 0.3 is 17.9 Å². The van der Waals surface area contributed by atoms with Crippen molar-refractivity contribution >= 4 is 68.4 Å². The SMILES string of the molecule is CCOC(=O)c1cc(COC(=O)Nc2cc3c(c4ccccc24)C(CCl)CN3C(=O)c2cc3cc(OC)c(OC)c(OC)c3[nH]2)c([N+](=O)[O-])n1C. The highest BCUT2D eigenvalue weighted by molar-refractivity contribution is 6.20. The van der Waals surface area contributed by atoms with Crippen LogP contribution in [-0.4, -0.2) is 72.8 Å². The van der Waals surface area contributed by atoms with Gasteiger partial charge in [-0.25, -0.2) is 14.2 Å². The van der Waals surface area contributed by atoms with Gasteiger partial charge in [-0.05, 0) is 41.0 Å². The number of halogens is 1. The second-order valence-corrected chi connectivity index (χ2v) is 11.9. The number of rotatable bonds is 11. The zero-order valence-corrected chi connectivity index (χ0v) is 29.1. The number of fused-ring (bicyclic) bond motifs is 4. The molecule has 3 heterocycles. The molecule has 2 N–H and O–H groups in total. The molecular formula is C35H34ClN5O10. The normalized spacial score (nSPS) is 13.6. The molecule has 15 nitrogen and oxygen atoms in total. The number of nitrogens with zero attached hydrogens (tertiary/aromatic N) is 3. The van der Waals surface area contributed by atoms with Crippen LogP contribution in [0.5, 0.6) is 17.2 Å². The Hall–Kier alpha value is -5.96. The largest absolute Gasteiger partial charge is 0.493 e. The Bertz CT molecular complexity index is 2210. The van der Waals surface area contributed by atoms with Gasteiger partial charge in [0.05, 0.1) is 57.4 Å². The number of carbonyl (C=O) groups is 3. The van der Waals surface area contributed by atoms with Gasteiger partial charge in [0.15, 0.2) is 11.5 Å². The topological polar surface area (TPSA) is 176 Å². The fourth-order valence-corrected chi connectivity index (χ4v) is 6.82. The van der Waals surface area contributed by atoms with Crippen molar-refractivity contribution in [1.82, 2.24) is 9.55 Å². The standard InChI is InChI=1S/C35H34ClN5O10/c1-6-50-34(43)26-12-19(32(39(26)2)41(45)46)17-51-35(44)38-23-14-25-28(22-10-8-7-9-21(22)23)20(15-36)16-40(25)33(42)24-11-18-13-27(47-3)30(48-4)31(49-5)29(18)37-24/h7-14,20,37H,6,15-17H2,1-5H3,(H,38,44). The molecule has 0 fully saturated rings. The van der Waals surface area contributed by atoms with Crippen molar-refractivity contribution in [3.05, 3.63) is 81.2 Å². The second-order valence-electron chi connectivity index (χ2n) is 11.6. The lowest BCUT2D eigenvalue weighted by Crippen LogP contribution is -2.30. The highest BCUT2D eigenvalue weighted by Crippen LogP contribution is 2.47. The summed E-state index contributed by atoms with van der Waals surface area (Å²) in [4.78, 5) is 55.7. The summed E-state index contributed by atoms with van der Waals surface area (Å²) in [7, 11) is 5.85. The molecule has 51 heavy (non-hydrogen) atoms. The third-order valence-corrected chi connectivity index (χ3v) is 9.15. The van der Waals surface area contributed by atoms with Crippen molar-refractivity contribution < 1.29 is 43.0 Å². The number of esters is 1. The average molecular weight is 720 g/mol. The number of hydrogen-bond acceptors (Lipinski definition) is 10. The van der Waals surface area contributed by atoms with Crippen molar-refractivity contribution in [3.63, 3.8) is 0 Å². The molecule has 16 heteroatoms. The van der Waals surface area contributed by atoms with Gasteiger partial charge in [-0.15, -0.1) is 11.6 Å². The number of nitrogens with one attached hydrogen (secondary N) is 2. The van der Waals surface area contributed by atoms with Crippen LogP contribution >= 0.6 is 11.6 Å². The molecule has 0 saturated carbocycles. The van der Waals surface area contributed by atoms with Crippen LogP contribution < -0.4 is 24.4 Å². The Morgan fingerprint density at radius 2 is 1.75 bits per heavy atom. The zero-order valence-electron chi connectivity index (χ0n) is 28.3. The number of nitro groups is 1. The summed E-state index contributed by atoms with van der Waals surface area (Å²) in [5.41, 5.74) is 2.49. The highest BCUT2D eigenvalue weighted by atomic mass is 35.5. The van der Waals surface area contributed by atoms with E-state index in [2.05, 4.69) is 10.3 Å². The van der Waals surface area contributed by atoms with Crippen LogP contribution in [0.2, 0.25) is 0 Å². The first-order chi connectivity index (χ1) is 24.6. The molecule has 2 aromatic heterocycles. The molecule has 6 rings (SSSR count). The maximum Gasteiger partial charge on any atom is 0.411 e. The molecule has 3 aromatic carbocycles. The molecule has 1 atom stereocenters. The number of amides is 2. The molecule has 1 unspecified atom stereocenters. The molecule has 0 saturated heterocycles. The summed E-state index contributed by atoms with van der Waals surface area (Å²) in [5, 5.41) is 16.7. The summed E-state index contributed by atoms with van der Waals surface area (Å²) in [6.07, 6.45) is -0.911. The summed E-state index contributed by atoms with van der Waals surface area (Å²) in [5.74, 6) is -0.318. The Balaban J connectivity index is 1.34. The third kappa shape index (κ3) is 6.09. The van der Waals surface area contributed by atoms with Crippen molar-refractivity contribution in [3.8, 4) is 17.2 Å². The van der Waals surface area contributed by atoms with Gasteiger partial charge in [0, 0.05) is 35.2 Å². The summed E-state index contributed by atoms with van der Waals surface area (Å²) < 4.78 is 28.1. The Morgan fingerprint density at radius 1 is 1.02 bits per heavy atom. The summed E-state index contributed by atoms with van der Waals surface area (Å²) in [6.45, 7) is 1.47. The van der Waals surface area contributed by atoms with Crippen molar-refractivity contribution in [2.45, 2.75) is 19.4 Å². The van der Waals surface area contributed by atoms with Crippen LogP contribution in [0.15, 0.2) is 48.5 Å². The molecule has 2 amide bonds. The molecule has 0 aliphatic carbocycles. The van der Waals surface area contributed by atoms with Crippen LogP contribution in [0.3, 0.4) is 0 Å². The quantitative estimate of drug-likeness (QED) is 0.0663. The first kappa shape index (κ1) is 34.9. The van der Waals surface area contributed by atoms with E-state index in [4.69, 9.17) is 35.3 Å². The van der Waals surface area contributed by atoms with Gasteiger partial charge in [-0.3, -0.25) is 10.1 Å². The smallest absolute Gasteiger partial charge is 0.411 e. The van der Waals surface area contributed by atoms with Gasteiger partial charge in [-0.2, -0.15) is 0 Å². The fraction of sp³-hybridized carbons (Fsp3) is 0.286. The van der Waals surface area contributed by atoms with E-state index >= 15 is 0 Å². The fourth-order valence-electron chi connectivity index (χ4n) is 6.56. The average Bonchev–Trinajstić information content (AvgIpc) is 3.82. The lowest BCUT2D eigenvalue weighted by atomic mass is 9.95. The van der Waals surface area contributed by atoms with E-state index in [9.17, 15) is 24.5 Å². The molecule has 266 valence electrons. The monoisotopic (exact) mass is 719 g/mol. The van der Waals surface area contributed by atoms with Crippen molar-refractivity contribution in [2.24, 2.45) is 7.05 Å². The lowest BCUT2D eigenvalue weighted by Gasteiger charge is -2.19. The predicted octanol–water partition coefficient (Wildman–Crippen LogP) is 6.50. The summed E-state index contributed by atoms with van der Waals surface area (Å²) >= 11 is 6.47. The molecular weight excluding hydrogens is 686 g/mol. The maximum atomic E-state index is 14.2. The number of ether oxygens (including phenoxy) is 5. The van der Waals surface area contributed by atoms with E-state index in [1.807, 2.05) is 24.3 Å². The van der Waals surface area contributed by atoms with Gasteiger partial charge in [0.2, 0.25) is 11.4 Å². The maximum absolute atomic E-state index is 14.2. The molecule has 0 bridgehead atoms. The number of methoxy groups -OCH3 is 3. The Labute approximate surface area is 296 Å². The van der Waals surface area contributed by atoms with E-state index in [0.29, 0.717) is 44.9 Å². The van der Waals surface area contributed by atoms with Gasteiger partial charge < -0.3 is 43.7 Å². The first-order valence-corrected chi connectivity index (χ1v) is 16.3. The number of benzene rings is 3. The molecule has 1 aliphatic heterocycles. The number of aromatic nitrogens is 2. The minimum absolute atomic E-state index is 0.00597. The molecule has 0 spiro atoms. The third-order valence-electron chi connectivity index (χ3n) is 8.78. The van der Waals surface area contributed by atoms with Gasteiger partial charge in [0.1, 0.15) is 12.3 Å². The zero-order chi connectivity index (χ0) is 36.6. The lowest BCUT2D eigenvalue weighted by molar-refractivity contribution is -0.392. The molecule has 0 radical (unpaired) electrons. The molecule has 5 aromatic rings. The van der Waals surface area contributed by atoms with E-state index < -0.39 is 29.4 Å². The van der Waals surface area contributed by atoms with E-state index in [1.165, 1.54) is 34.4 Å². The number of aromatic amines is 1. The van der Waals surface area contributed by atoms with E-state index in [0.717, 1.165) is 15.5 Å². The minimum Gasteiger partial charge on any atom is -0.493 e. The number of H-pyrrole nitrogens is 1. The van der Waals surface area contributed by atoms with Crippen LogP contribution in [-0.2, 0) is 23.1 Å². The number of anilines is 2. The number of hydrogen-bond donors (Lipinski definition) is 2. The minimum atomic E-state index is -0.911. The Kier molecular flexibility index (Phi) is 9.65. The summed E-state index contributed by atoms with van der Waals surface area (Å²) in [6, 6.07) is 13.7. The molecule has 1 aliphatic rings. The van der Waals surface area contributed by atoms with E-state index in [-0.39, 0.29) is 47.8 Å². The highest BCUT2D eigenvalue weighted by Gasteiger charge is 2.36. The predicted molar refractivity (Wildman–Crippen MR) is 189 cm³/mol. The van der Waals surface area contributed by atoms with Crippen LogP contribution in [0.1, 0.15) is 44.9 Å². The van der Waals surface area contributed by atoms with Gasteiger partial charge in [0.25, 0.3) is 5.91 Å². The number of carbonyl (C=O) groups excluding carboxylic acids is 3. The van der Waals surface area contributed by atoms with Crippen molar-refractivity contribution in [1.29, 1.82) is 0 Å². The van der Waals surface area contributed by atoms with Crippen LogP contribution in [0.4, 0.5) is 22.0 Å². The van der Waals surface area contributed by atoms with Crippen LogP contribution in [0.25, 0.3) is 21.7 Å². The Morgan fingerprint density at radius 3 is 2.39 bits per heavy atom. The second kappa shape index (κ2) is 14.1. The van der Waals surface area contributed by atoms with E-state index in [1.54, 1.807) is 30.0 Å². The van der Waals surface area contributed by atoms with Crippen LogP contribution in [0, 0.1) is 10.1 Å². The number of alkyl halides is 1.